The van der Waals surface area contributed by atoms with Crippen molar-refractivity contribution in [3.63, 3.8) is 0 Å². The number of alkyl halides is 5. The first-order valence-electron chi connectivity index (χ1n) is 7.90. The molecule has 0 unspecified atom stereocenters. The van der Waals surface area contributed by atoms with E-state index in [0.29, 0.717) is 5.92 Å². The van der Waals surface area contributed by atoms with Crippen molar-refractivity contribution in [2.45, 2.75) is 57.7 Å². The van der Waals surface area contributed by atoms with Crippen LogP contribution in [0, 0.1) is 11.8 Å². The topological polar surface area (TPSA) is 9.23 Å². The second-order valence-corrected chi connectivity index (χ2v) is 6.43. The fourth-order valence-corrected chi connectivity index (χ4v) is 2.92. The molecule has 1 saturated carbocycles. The van der Waals surface area contributed by atoms with E-state index >= 15 is 0 Å². The van der Waals surface area contributed by atoms with Crippen molar-refractivity contribution in [1.82, 2.24) is 0 Å². The van der Waals surface area contributed by atoms with Crippen LogP contribution in [-0.2, 0) is 6.42 Å². The molecule has 23 heavy (non-hydrogen) atoms. The van der Waals surface area contributed by atoms with E-state index in [0.717, 1.165) is 36.5 Å². The van der Waals surface area contributed by atoms with E-state index < -0.39 is 18.0 Å². The fraction of sp³-hybridized carbons (Fsp3) is 0.647. The zero-order valence-electron chi connectivity index (χ0n) is 13.0. The molecule has 130 valence electrons. The molecule has 1 aliphatic rings. The number of hydrogen-bond acceptors (Lipinski definition) is 1. The molecule has 0 aromatic heterocycles. The Balaban J connectivity index is 1.85. The van der Waals surface area contributed by atoms with Crippen molar-refractivity contribution in [2.75, 3.05) is 0 Å². The summed E-state index contributed by atoms with van der Waals surface area (Å²) in [5.74, 6) is 0.984. The van der Waals surface area contributed by atoms with Gasteiger partial charge in [0.15, 0.2) is 0 Å². The number of ether oxygens (including phenoxy) is 1. The Bertz CT molecular complexity index is 487. The van der Waals surface area contributed by atoms with Crippen LogP contribution >= 0.6 is 0 Å². The summed E-state index contributed by atoms with van der Waals surface area (Å²) in [5.41, 5.74) is 0.922. The number of rotatable bonds is 5. The fourth-order valence-electron chi connectivity index (χ4n) is 2.92. The van der Waals surface area contributed by atoms with Gasteiger partial charge in [0, 0.05) is 0 Å². The van der Waals surface area contributed by atoms with Gasteiger partial charge in [-0.15, -0.1) is 0 Å². The van der Waals surface area contributed by atoms with Crippen LogP contribution in [0.3, 0.4) is 0 Å². The maximum Gasteiger partial charge on any atom is 0.499 e. The summed E-state index contributed by atoms with van der Waals surface area (Å²) in [4.78, 5) is 0. The smallest absolute Gasteiger partial charge is 0.426 e. The van der Waals surface area contributed by atoms with Crippen LogP contribution < -0.4 is 4.74 Å². The van der Waals surface area contributed by atoms with Gasteiger partial charge in [0.1, 0.15) is 5.75 Å². The number of aryl methyl sites for hydroxylation is 1. The summed E-state index contributed by atoms with van der Waals surface area (Å²) >= 11 is 0. The van der Waals surface area contributed by atoms with Crippen molar-refractivity contribution in [3.05, 3.63) is 29.8 Å². The lowest BCUT2D eigenvalue weighted by molar-refractivity contribution is -0.360. The van der Waals surface area contributed by atoms with Gasteiger partial charge >= 0.3 is 12.3 Å². The van der Waals surface area contributed by atoms with Crippen LogP contribution in [0.1, 0.15) is 44.6 Å². The highest BCUT2D eigenvalue weighted by atomic mass is 19.4. The van der Waals surface area contributed by atoms with E-state index in [1.54, 1.807) is 12.1 Å². The summed E-state index contributed by atoms with van der Waals surface area (Å²) in [7, 11) is 0. The molecule has 0 radical (unpaired) electrons. The first-order valence-corrected chi connectivity index (χ1v) is 7.90. The van der Waals surface area contributed by atoms with Crippen molar-refractivity contribution in [2.24, 2.45) is 11.8 Å². The van der Waals surface area contributed by atoms with Gasteiger partial charge in [0.25, 0.3) is 0 Å². The monoisotopic (exact) mass is 336 g/mol. The van der Waals surface area contributed by atoms with Gasteiger partial charge in [-0.25, -0.2) is 0 Å². The number of benzene rings is 1. The second-order valence-electron chi connectivity index (χ2n) is 6.43. The molecule has 0 amide bonds. The third-order valence-electron chi connectivity index (χ3n) is 4.48. The maximum absolute atomic E-state index is 12.8. The van der Waals surface area contributed by atoms with E-state index in [1.807, 2.05) is 0 Å². The molecule has 0 aliphatic heterocycles. The van der Waals surface area contributed by atoms with E-state index in [4.69, 9.17) is 0 Å². The molecule has 6 heteroatoms. The van der Waals surface area contributed by atoms with Gasteiger partial charge in [-0.1, -0.05) is 44.7 Å². The molecular formula is C17H21F5O. The summed E-state index contributed by atoms with van der Waals surface area (Å²) in [6.45, 7) is 2.26. The summed E-state index contributed by atoms with van der Waals surface area (Å²) in [6.07, 6.45) is -4.17. The zero-order valence-corrected chi connectivity index (χ0v) is 13.0. The van der Waals surface area contributed by atoms with Crippen LogP contribution in [-0.4, -0.2) is 12.3 Å². The highest BCUT2D eigenvalue weighted by molar-refractivity contribution is 5.27. The quantitative estimate of drug-likeness (QED) is 0.601. The van der Waals surface area contributed by atoms with Gasteiger partial charge in [-0.05, 0) is 42.4 Å². The van der Waals surface area contributed by atoms with Gasteiger partial charge in [-0.3, -0.25) is 0 Å². The lowest BCUT2D eigenvalue weighted by atomic mass is 9.80. The van der Waals surface area contributed by atoms with Gasteiger partial charge in [0.2, 0.25) is 0 Å². The molecule has 2 rings (SSSR count). The predicted molar refractivity (Wildman–Crippen MR) is 77.5 cm³/mol. The van der Waals surface area contributed by atoms with E-state index in [1.165, 1.54) is 25.7 Å². The van der Waals surface area contributed by atoms with Gasteiger partial charge in [-0.2, -0.15) is 22.0 Å². The van der Waals surface area contributed by atoms with Crippen molar-refractivity contribution < 1.29 is 26.7 Å². The molecule has 0 N–H and O–H groups in total. The first-order chi connectivity index (χ1) is 10.7. The Kier molecular flexibility index (Phi) is 5.53. The largest absolute Gasteiger partial charge is 0.499 e. The maximum atomic E-state index is 12.8. The minimum atomic E-state index is -5.72. The molecule has 0 saturated heterocycles. The summed E-state index contributed by atoms with van der Waals surface area (Å²) in [6, 6.07) is 5.43. The van der Waals surface area contributed by atoms with Crippen LogP contribution in [0.15, 0.2) is 24.3 Å². The zero-order chi connectivity index (χ0) is 17.1. The molecule has 1 aliphatic carbocycles. The highest BCUT2D eigenvalue weighted by Gasteiger charge is 2.61. The highest BCUT2D eigenvalue weighted by Crippen LogP contribution is 2.37. The molecule has 1 aromatic carbocycles. The van der Waals surface area contributed by atoms with Crippen molar-refractivity contribution >= 4 is 0 Å². The summed E-state index contributed by atoms with van der Waals surface area (Å²) < 4.78 is 65.6. The lowest BCUT2D eigenvalue weighted by Gasteiger charge is -2.26. The standard InChI is InChI=1S/C17H21F5O/c1-12-2-4-13(5-3-12)6-7-14-8-10-15(11-9-14)23-17(21,22)16(18,19)20/h8-13H,2-7H2,1H3. The lowest BCUT2D eigenvalue weighted by Crippen LogP contribution is -2.41. The van der Waals surface area contributed by atoms with Crippen molar-refractivity contribution in [3.8, 4) is 5.75 Å². The minimum Gasteiger partial charge on any atom is -0.426 e. The van der Waals surface area contributed by atoms with E-state index in [2.05, 4.69) is 11.7 Å². The van der Waals surface area contributed by atoms with Gasteiger partial charge in [0.05, 0.1) is 0 Å². The molecule has 0 spiro atoms. The normalized spacial score (nSPS) is 22.9. The van der Waals surface area contributed by atoms with E-state index in [9.17, 15) is 22.0 Å². The van der Waals surface area contributed by atoms with Crippen LogP contribution in [0.2, 0.25) is 0 Å². The van der Waals surface area contributed by atoms with Gasteiger partial charge < -0.3 is 4.74 Å². The minimum absolute atomic E-state index is 0.484. The first kappa shape index (κ1) is 18.0. The van der Waals surface area contributed by atoms with Crippen LogP contribution in [0.25, 0.3) is 0 Å². The second kappa shape index (κ2) is 7.05. The summed E-state index contributed by atoms with van der Waals surface area (Å²) in [5, 5.41) is 0. The predicted octanol–water partition coefficient (Wildman–Crippen LogP) is 5.98. The Morgan fingerprint density at radius 1 is 0.957 bits per heavy atom. The Morgan fingerprint density at radius 3 is 2.04 bits per heavy atom. The molecule has 0 atom stereocenters. The molecular weight excluding hydrogens is 315 g/mol. The average Bonchev–Trinajstić information content (AvgIpc) is 2.47. The van der Waals surface area contributed by atoms with Crippen LogP contribution in [0.5, 0.6) is 5.75 Å². The number of hydrogen-bond donors (Lipinski definition) is 0. The Labute approximate surface area is 132 Å². The Morgan fingerprint density at radius 2 is 1.52 bits per heavy atom. The van der Waals surface area contributed by atoms with Crippen molar-refractivity contribution in [1.29, 1.82) is 0 Å². The third kappa shape index (κ3) is 5.08. The van der Waals surface area contributed by atoms with E-state index in [-0.39, 0.29) is 0 Å². The number of halogens is 5. The molecule has 0 heterocycles. The average molecular weight is 336 g/mol. The third-order valence-corrected chi connectivity index (χ3v) is 4.48. The Hall–Kier alpha value is -1.33. The molecule has 1 fully saturated rings. The molecule has 1 nitrogen and oxygen atoms in total. The van der Waals surface area contributed by atoms with Crippen LogP contribution in [0.4, 0.5) is 22.0 Å². The SMILES string of the molecule is CC1CCC(CCc2ccc(OC(F)(F)C(F)(F)F)cc2)CC1. The molecule has 0 bridgehead atoms. The molecule has 1 aromatic rings.